The van der Waals surface area contributed by atoms with Gasteiger partial charge in [-0.15, -0.1) is 0 Å². The van der Waals surface area contributed by atoms with E-state index in [1.165, 1.54) is 6.92 Å². The molecule has 0 spiro atoms. The number of aromatic nitrogens is 1. The van der Waals surface area contributed by atoms with E-state index in [9.17, 15) is 13.2 Å². The van der Waals surface area contributed by atoms with Gasteiger partial charge in [0.15, 0.2) is 0 Å². The summed E-state index contributed by atoms with van der Waals surface area (Å²) in [5.41, 5.74) is 3.02. The highest BCUT2D eigenvalue weighted by molar-refractivity contribution is 7.93. The van der Waals surface area contributed by atoms with Crippen LogP contribution in [0.4, 0.5) is 17.1 Å². The maximum Gasteiger partial charge on any atom is 0.272 e. The molecule has 0 bridgehead atoms. The number of pyridine rings is 1. The minimum Gasteiger partial charge on any atom is -0.368 e. The van der Waals surface area contributed by atoms with Crippen LogP contribution in [0.1, 0.15) is 12.5 Å². The molecule has 1 fully saturated rings. The van der Waals surface area contributed by atoms with Crippen molar-refractivity contribution in [3.8, 4) is 0 Å². The van der Waals surface area contributed by atoms with E-state index in [-0.39, 0.29) is 4.90 Å². The molecule has 1 aromatic heterocycles. The number of nitrogens with zero attached hydrogens (tertiary/aromatic N) is 4. The molecule has 0 N–H and O–H groups in total. The number of sulfonamides is 1. The molecule has 32 heavy (non-hydrogen) atoms. The molecule has 2 heterocycles. The van der Waals surface area contributed by atoms with Crippen LogP contribution in [0.2, 0.25) is 0 Å². The molecule has 1 aliphatic rings. The van der Waals surface area contributed by atoms with Crippen molar-refractivity contribution in [2.45, 2.75) is 18.7 Å². The molecule has 0 saturated carbocycles. The van der Waals surface area contributed by atoms with Crippen molar-refractivity contribution >= 4 is 33.0 Å². The fraction of sp³-hybridized carbons (Fsp3) is 0.250. The second-order valence-electron chi connectivity index (χ2n) is 7.77. The zero-order valence-electron chi connectivity index (χ0n) is 18.2. The van der Waals surface area contributed by atoms with Crippen LogP contribution in [0.3, 0.4) is 0 Å². The number of anilines is 3. The van der Waals surface area contributed by atoms with E-state index in [0.717, 1.165) is 28.6 Å². The molecular weight excluding hydrogens is 424 g/mol. The molecule has 4 rings (SSSR count). The van der Waals surface area contributed by atoms with Gasteiger partial charge in [-0.3, -0.25) is 9.78 Å². The SMILES string of the molecule is CC(=O)N(c1ccccc1)S(=O)(=O)c1ccc(C)cc1N1CCN(c2ccncc2)CC1. The van der Waals surface area contributed by atoms with Gasteiger partial charge in [0.1, 0.15) is 4.90 Å². The average Bonchev–Trinajstić information content (AvgIpc) is 2.80. The Bertz CT molecular complexity index is 1190. The Morgan fingerprint density at radius 3 is 2.16 bits per heavy atom. The summed E-state index contributed by atoms with van der Waals surface area (Å²) in [5, 5.41) is 0. The molecule has 0 aliphatic carbocycles. The second-order valence-corrected chi connectivity index (χ2v) is 9.53. The van der Waals surface area contributed by atoms with Crippen LogP contribution in [0.25, 0.3) is 0 Å². The smallest absolute Gasteiger partial charge is 0.272 e. The quantitative estimate of drug-likeness (QED) is 0.593. The predicted octanol–water partition coefficient (Wildman–Crippen LogP) is 3.46. The lowest BCUT2D eigenvalue weighted by Gasteiger charge is -2.38. The normalized spacial score (nSPS) is 14.3. The first-order chi connectivity index (χ1) is 15.4. The highest BCUT2D eigenvalue weighted by Gasteiger charge is 2.32. The van der Waals surface area contributed by atoms with Gasteiger partial charge in [0.2, 0.25) is 5.91 Å². The van der Waals surface area contributed by atoms with Crippen LogP contribution in [0, 0.1) is 6.92 Å². The van der Waals surface area contributed by atoms with E-state index in [1.54, 1.807) is 54.9 Å². The topological polar surface area (TPSA) is 73.8 Å². The van der Waals surface area contributed by atoms with Gasteiger partial charge in [0, 0.05) is 51.2 Å². The van der Waals surface area contributed by atoms with E-state index >= 15 is 0 Å². The summed E-state index contributed by atoms with van der Waals surface area (Å²) in [6.07, 6.45) is 3.54. The van der Waals surface area contributed by atoms with Gasteiger partial charge in [0.25, 0.3) is 10.0 Å². The third-order valence-corrected chi connectivity index (χ3v) is 7.41. The van der Waals surface area contributed by atoms with Crippen molar-refractivity contribution < 1.29 is 13.2 Å². The first kappa shape index (κ1) is 21.8. The van der Waals surface area contributed by atoms with E-state index in [1.807, 2.05) is 25.1 Å². The standard InChI is InChI=1S/C24H26N4O3S/c1-19-8-9-24(32(30,31)28(20(2)29)22-6-4-3-5-7-22)23(18-19)27-16-14-26(15-17-27)21-10-12-25-13-11-21/h3-13,18H,14-17H2,1-2H3. The number of carbonyl (C=O) groups excluding carboxylic acids is 1. The molecule has 1 amide bonds. The van der Waals surface area contributed by atoms with E-state index in [4.69, 9.17) is 0 Å². The van der Waals surface area contributed by atoms with Gasteiger partial charge < -0.3 is 9.80 Å². The number of benzene rings is 2. The fourth-order valence-corrected chi connectivity index (χ4v) is 5.63. The Labute approximate surface area is 189 Å². The zero-order valence-corrected chi connectivity index (χ0v) is 19.0. The van der Waals surface area contributed by atoms with Gasteiger partial charge in [-0.05, 0) is 48.9 Å². The first-order valence-corrected chi connectivity index (χ1v) is 11.9. The first-order valence-electron chi connectivity index (χ1n) is 10.5. The highest BCUT2D eigenvalue weighted by Crippen LogP contribution is 2.33. The number of piperazine rings is 1. The van der Waals surface area contributed by atoms with Crippen LogP contribution < -0.4 is 14.1 Å². The van der Waals surface area contributed by atoms with Crippen LogP contribution in [0.15, 0.2) is 78.0 Å². The third kappa shape index (κ3) is 4.31. The number of hydrogen-bond donors (Lipinski definition) is 0. The minimum atomic E-state index is -4.10. The Hall–Kier alpha value is -3.39. The molecule has 2 aromatic carbocycles. The van der Waals surface area contributed by atoms with Gasteiger partial charge in [-0.2, -0.15) is 0 Å². The Kier molecular flexibility index (Phi) is 6.14. The third-order valence-electron chi connectivity index (χ3n) is 5.56. The lowest BCUT2D eigenvalue weighted by Crippen LogP contribution is -2.47. The highest BCUT2D eigenvalue weighted by atomic mass is 32.2. The number of aryl methyl sites for hydroxylation is 1. The molecule has 7 nitrogen and oxygen atoms in total. The van der Waals surface area contributed by atoms with Gasteiger partial charge >= 0.3 is 0 Å². The summed E-state index contributed by atoms with van der Waals surface area (Å²) in [6.45, 7) is 6.05. The summed E-state index contributed by atoms with van der Waals surface area (Å²) >= 11 is 0. The van der Waals surface area contributed by atoms with Crippen LogP contribution >= 0.6 is 0 Å². The molecule has 1 saturated heterocycles. The van der Waals surface area contributed by atoms with Crippen molar-refractivity contribution in [3.05, 3.63) is 78.6 Å². The number of hydrogen-bond acceptors (Lipinski definition) is 6. The Morgan fingerprint density at radius 2 is 1.53 bits per heavy atom. The van der Waals surface area contributed by atoms with Crippen LogP contribution in [-0.4, -0.2) is 45.5 Å². The van der Waals surface area contributed by atoms with Crippen molar-refractivity contribution in [3.63, 3.8) is 0 Å². The molecule has 0 atom stereocenters. The molecule has 0 unspecified atom stereocenters. The van der Waals surface area contributed by atoms with Crippen molar-refractivity contribution in [1.82, 2.24) is 4.98 Å². The summed E-state index contributed by atoms with van der Waals surface area (Å²) in [7, 11) is -4.10. The molecule has 8 heteroatoms. The lowest BCUT2D eigenvalue weighted by atomic mass is 10.2. The Morgan fingerprint density at radius 1 is 0.906 bits per heavy atom. The largest absolute Gasteiger partial charge is 0.368 e. The van der Waals surface area contributed by atoms with Gasteiger partial charge in [0.05, 0.1) is 11.4 Å². The lowest BCUT2D eigenvalue weighted by molar-refractivity contribution is -0.115. The number of rotatable bonds is 5. The van der Waals surface area contributed by atoms with E-state index in [2.05, 4.69) is 14.8 Å². The van der Waals surface area contributed by atoms with Gasteiger partial charge in [-0.1, -0.05) is 24.3 Å². The average molecular weight is 451 g/mol. The minimum absolute atomic E-state index is 0.138. The van der Waals surface area contributed by atoms with Crippen LogP contribution in [0.5, 0.6) is 0 Å². The zero-order chi connectivity index (χ0) is 22.7. The number of para-hydroxylation sites is 1. The second kappa shape index (κ2) is 9.00. The summed E-state index contributed by atoms with van der Waals surface area (Å²) < 4.78 is 28.3. The maximum atomic E-state index is 13.7. The summed E-state index contributed by atoms with van der Waals surface area (Å²) in [6, 6.07) is 17.7. The van der Waals surface area contributed by atoms with Crippen LogP contribution in [-0.2, 0) is 14.8 Å². The van der Waals surface area contributed by atoms with Crippen molar-refractivity contribution in [2.24, 2.45) is 0 Å². The van der Waals surface area contributed by atoms with Crippen molar-refractivity contribution in [1.29, 1.82) is 0 Å². The molecule has 3 aromatic rings. The predicted molar refractivity (Wildman–Crippen MR) is 127 cm³/mol. The summed E-state index contributed by atoms with van der Waals surface area (Å²) in [5.74, 6) is -0.551. The van der Waals surface area contributed by atoms with Crippen molar-refractivity contribution in [2.75, 3.05) is 40.3 Å². The van der Waals surface area contributed by atoms with Gasteiger partial charge in [-0.25, -0.2) is 12.7 Å². The monoisotopic (exact) mass is 450 g/mol. The molecular formula is C24H26N4O3S. The maximum absolute atomic E-state index is 13.7. The molecule has 166 valence electrons. The molecule has 1 aliphatic heterocycles. The fourth-order valence-electron chi connectivity index (χ4n) is 4.00. The van der Waals surface area contributed by atoms with E-state index in [0.29, 0.717) is 24.5 Å². The van der Waals surface area contributed by atoms with E-state index < -0.39 is 15.9 Å². The Balaban J connectivity index is 1.67. The summed E-state index contributed by atoms with van der Waals surface area (Å²) in [4.78, 5) is 21.0. The molecule has 0 radical (unpaired) electrons. The number of carbonyl (C=O) groups is 1. The number of amides is 1.